The van der Waals surface area contributed by atoms with E-state index in [1.165, 1.54) is 12.3 Å². The summed E-state index contributed by atoms with van der Waals surface area (Å²) in [4.78, 5) is 15.2. The van der Waals surface area contributed by atoms with E-state index in [-0.39, 0.29) is 11.1 Å². The predicted octanol–water partition coefficient (Wildman–Crippen LogP) is 3.31. The fraction of sp³-hybridized carbons (Fsp3) is 0.200. The van der Waals surface area contributed by atoms with E-state index in [9.17, 15) is 14.0 Å². The summed E-state index contributed by atoms with van der Waals surface area (Å²) in [6.07, 6.45) is 4.17. The first-order valence-electron chi connectivity index (χ1n) is 6.49. The molecule has 0 aromatic carbocycles. The highest BCUT2D eigenvalue weighted by Crippen LogP contribution is 2.33. The van der Waals surface area contributed by atoms with Crippen molar-refractivity contribution in [3.8, 4) is 17.3 Å². The van der Waals surface area contributed by atoms with Gasteiger partial charge in [-0.2, -0.15) is 5.26 Å². The lowest BCUT2D eigenvalue weighted by atomic mass is 10.1. The summed E-state index contributed by atoms with van der Waals surface area (Å²) in [5.41, 5.74) is 1.50. The minimum Gasteiger partial charge on any atom is -0.345 e. The van der Waals surface area contributed by atoms with Crippen LogP contribution >= 0.6 is 0 Å². The predicted molar refractivity (Wildman–Crippen MR) is 76.1 cm³/mol. The number of hydrogen-bond donors (Lipinski definition) is 1. The molecule has 0 radical (unpaired) electrons. The number of nitrogens with one attached hydrogen (secondary N) is 1. The van der Waals surface area contributed by atoms with E-state index in [2.05, 4.69) is 19.9 Å². The van der Waals surface area contributed by atoms with Crippen molar-refractivity contribution in [1.82, 2.24) is 19.9 Å². The number of hydrogen-bond acceptors (Lipinski definition) is 4. The summed E-state index contributed by atoms with van der Waals surface area (Å²) in [5.74, 6) is -2.50. The Balaban J connectivity index is 2.29. The van der Waals surface area contributed by atoms with Crippen LogP contribution in [0.25, 0.3) is 22.3 Å². The molecule has 3 aromatic heterocycles. The van der Waals surface area contributed by atoms with Crippen molar-refractivity contribution in [2.75, 3.05) is 0 Å². The Morgan fingerprint density at radius 2 is 2.05 bits per heavy atom. The molecule has 110 valence electrons. The average Bonchev–Trinajstić information content (AvgIpc) is 2.89. The fourth-order valence-corrected chi connectivity index (χ4v) is 2.20. The van der Waals surface area contributed by atoms with Crippen molar-refractivity contribution >= 4 is 11.0 Å². The van der Waals surface area contributed by atoms with E-state index < -0.39 is 5.92 Å². The third-order valence-electron chi connectivity index (χ3n) is 3.32. The van der Waals surface area contributed by atoms with Crippen molar-refractivity contribution in [2.24, 2.45) is 0 Å². The van der Waals surface area contributed by atoms with Crippen molar-refractivity contribution in [3.05, 3.63) is 41.6 Å². The molecule has 0 unspecified atom stereocenters. The van der Waals surface area contributed by atoms with Gasteiger partial charge in [-0.05, 0) is 13.0 Å². The van der Waals surface area contributed by atoms with Crippen molar-refractivity contribution in [3.63, 3.8) is 0 Å². The normalized spacial score (nSPS) is 11.6. The second-order valence-electron chi connectivity index (χ2n) is 5.00. The number of aryl methyl sites for hydroxylation is 1. The quantitative estimate of drug-likeness (QED) is 0.787. The Kier molecular flexibility index (Phi) is 3.10. The third-order valence-corrected chi connectivity index (χ3v) is 3.32. The van der Waals surface area contributed by atoms with Crippen molar-refractivity contribution in [2.45, 2.75) is 19.8 Å². The van der Waals surface area contributed by atoms with Crippen LogP contribution in [-0.2, 0) is 5.92 Å². The van der Waals surface area contributed by atoms with Gasteiger partial charge in [0.2, 0.25) is 0 Å². The monoisotopic (exact) mass is 299 g/mol. The number of nitrogens with zero attached hydrogens (tertiary/aromatic N) is 4. The van der Waals surface area contributed by atoms with Gasteiger partial charge < -0.3 is 4.98 Å². The SMILES string of the molecule is Cc1ncc(C#N)c(-c2c[nH]c3ncc(C(C)(F)F)cc23)n1. The second kappa shape index (κ2) is 4.84. The number of aromatic nitrogens is 4. The molecule has 3 heterocycles. The van der Waals surface area contributed by atoms with E-state index in [0.29, 0.717) is 28.1 Å². The first-order valence-corrected chi connectivity index (χ1v) is 6.49. The van der Waals surface area contributed by atoms with Gasteiger partial charge in [0, 0.05) is 42.0 Å². The van der Waals surface area contributed by atoms with Gasteiger partial charge in [0.05, 0.1) is 11.3 Å². The third kappa shape index (κ3) is 2.29. The summed E-state index contributed by atoms with van der Waals surface area (Å²) >= 11 is 0. The molecule has 0 amide bonds. The van der Waals surface area contributed by atoms with Crippen LogP contribution in [0.5, 0.6) is 0 Å². The minimum absolute atomic E-state index is 0.190. The standard InChI is InChI=1S/C15H11F2N5/c1-8-19-5-9(4-18)13(22-8)12-7-21-14-11(12)3-10(6-20-14)15(2,16)17/h3,5-7H,1-2H3,(H,20,21). The molecule has 0 aliphatic rings. The first kappa shape index (κ1) is 14.1. The molecule has 0 spiro atoms. The van der Waals surface area contributed by atoms with Crippen LogP contribution in [0, 0.1) is 18.3 Å². The van der Waals surface area contributed by atoms with Gasteiger partial charge in [0.1, 0.15) is 17.5 Å². The van der Waals surface area contributed by atoms with Crippen LogP contribution in [0.1, 0.15) is 23.9 Å². The second-order valence-corrected chi connectivity index (χ2v) is 5.00. The van der Waals surface area contributed by atoms with Gasteiger partial charge >= 0.3 is 0 Å². The smallest absolute Gasteiger partial charge is 0.272 e. The number of fused-ring (bicyclic) bond motifs is 1. The van der Waals surface area contributed by atoms with Gasteiger partial charge in [-0.3, -0.25) is 0 Å². The topological polar surface area (TPSA) is 78.2 Å². The maximum atomic E-state index is 13.5. The number of H-pyrrole nitrogens is 1. The molecule has 3 aromatic rings. The molecular formula is C15H11F2N5. The Labute approximate surface area is 124 Å². The van der Waals surface area contributed by atoms with Gasteiger partial charge in [-0.25, -0.2) is 23.7 Å². The summed E-state index contributed by atoms with van der Waals surface area (Å²) in [6, 6.07) is 3.38. The van der Waals surface area contributed by atoms with Crippen LogP contribution in [0.15, 0.2) is 24.7 Å². The molecule has 0 bridgehead atoms. The van der Waals surface area contributed by atoms with E-state index in [0.717, 1.165) is 13.1 Å². The van der Waals surface area contributed by atoms with Crippen molar-refractivity contribution < 1.29 is 8.78 Å². The summed E-state index contributed by atoms with van der Waals surface area (Å²) < 4.78 is 27.0. The molecule has 0 saturated carbocycles. The highest BCUT2D eigenvalue weighted by atomic mass is 19.3. The average molecular weight is 299 g/mol. The maximum absolute atomic E-state index is 13.5. The molecule has 0 aliphatic heterocycles. The van der Waals surface area contributed by atoms with Crippen LogP contribution in [0.2, 0.25) is 0 Å². The van der Waals surface area contributed by atoms with E-state index in [1.54, 1.807) is 13.1 Å². The Hall–Kier alpha value is -2.88. The molecule has 5 nitrogen and oxygen atoms in total. The Morgan fingerprint density at radius 1 is 1.27 bits per heavy atom. The number of pyridine rings is 1. The molecule has 22 heavy (non-hydrogen) atoms. The van der Waals surface area contributed by atoms with E-state index in [4.69, 9.17) is 0 Å². The zero-order valence-corrected chi connectivity index (χ0v) is 11.9. The summed E-state index contributed by atoms with van der Waals surface area (Å²) in [6.45, 7) is 2.51. The largest absolute Gasteiger partial charge is 0.345 e. The van der Waals surface area contributed by atoms with E-state index in [1.807, 2.05) is 6.07 Å². The number of alkyl halides is 2. The Bertz CT molecular complexity index is 902. The fourth-order valence-electron chi connectivity index (χ4n) is 2.20. The van der Waals surface area contributed by atoms with Crippen LogP contribution in [0.3, 0.4) is 0 Å². The molecule has 1 N–H and O–H groups in total. The Morgan fingerprint density at radius 3 is 2.73 bits per heavy atom. The lowest BCUT2D eigenvalue weighted by Crippen LogP contribution is -2.07. The van der Waals surface area contributed by atoms with Crippen molar-refractivity contribution in [1.29, 1.82) is 5.26 Å². The zero-order valence-electron chi connectivity index (χ0n) is 11.9. The molecular weight excluding hydrogens is 288 g/mol. The maximum Gasteiger partial charge on any atom is 0.272 e. The van der Waals surface area contributed by atoms with Crippen LogP contribution in [0.4, 0.5) is 8.78 Å². The molecule has 0 aliphatic carbocycles. The lowest BCUT2D eigenvalue weighted by Gasteiger charge is -2.10. The van der Waals surface area contributed by atoms with Gasteiger partial charge in [0.25, 0.3) is 5.92 Å². The molecule has 0 fully saturated rings. The number of aromatic amines is 1. The highest BCUT2D eigenvalue weighted by Gasteiger charge is 2.26. The van der Waals surface area contributed by atoms with Gasteiger partial charge in [0.15, 0.2) is 0 Å². The molecule has 3 rings (SSSR count). The number of nitriles is 1. The molecule has 0 saturated heterocycles. The zero-order chi connectivity index (χ0) is 15.9. The minimum atomic E-state index is -2.99. The molecule has 7 heteroatoms. The van der Waals surface area contributed by atoms with E-state index >= 15 is 0 Å². The summed E-state index contributed by atoms with van der Waals surface area (Å²) in [7, 11) is 0. The van der Waals surface area contributed by atoms with Gasteiger partial charge in [-0.1, -0.05) is 0 Å². The summed E-state index contributed by atoms with van der Waals surface area (Å²) in [5, 5.41) is 9.68. The van der Waals surface area contributed by atoms with Crippen LogP contribution < -0.4 is 0 Å². The van der Waals surface area contributed by atoms with Gasteiger partial charge in [-0.15, -0.1) is 0 Å². The molecule has 0 atom stereocenters. The number of halogens is 2. The first-order chi connectivity index (χ1) is 10.4. The highest BCUT2D eigenvalue weighted by molar-refractivity contribution is 5.94. The van der Waals surface area contributed by atoms with Crippen LogP contribution in [-0.4, -0.2) is 19.9 Å². The lowest BCUT2D eigenvalue weighted by molar-refractivity contribution is 0.0173. The number of rotatable bonds is 2.